The van der Waals surface area contributed by atoms with Gasteiger partial charge in [-0.05, 0) is 32.6 Å². The van der Waals surface area contributed by atoms with E-state index in [0.717, 1.165) is 6.42 Å². The molecule has 0 aromatic rings. The first-order chi connectivity index (χ1) is 10.2. The average Bonchev–Trinajstić information content (AvgIpc) is 2.43. The number of nitrogens with zero attached hydrogens (tertiary/aromatic N) is 1. The summed E-state index contributed by atoms with van der Waals surface area (Å²) in [5.41, 5.74) is 0. The first-order valence-electron chi connectivity index (χ1n) is 9.40. The summed E-state index contributed by atoms with van der Waals surface area (Å²) >= 11 is 0. The fraction of sp³-hybridized carbons (Fsp3) is 0.947. The van der Waals surface area contributed by atoms with Crippen LogP contribution in [0.15, 0.2) is 4.99 Å². The summed E-state index contributed by atoms with van der Waals surface area (Å²) < 4.78 is 0. The Kier molecular flexibility index (Phi) is 15.5. The number of unbranched alkanes of at least 4 members (excludes halogenated alkanes) is 12. The molecule has 0 aliphatic rings. The average molecular weight is 297 g/mol. The van der Waals surface area contributed by atoms with Gasteiger partial charge in [0, 0.05) is 6.04 Å². The third kappa shape index (κ3) is 17.4. The Labute approximate surface area is 133 Å². The highest BCUT2D eigenvalue weighted by atomic mass is 16.3. The molecule has 21 heavy (non-hydrogen) atoms. The number of rotatable bonds is 15. The zero-order valence-electron chi connectivity index (χ0n) is 14.8. The quantitative estimate of drug-likeness (QED) is 0.219. The van der Waals surface area contributed by atoms with Crippen molar-refractivity contribution in [1.82, 2.24) is 0 Å². The summed E-state index contributed by atoms with van der Waals surface area (Å²) in [6.07, 6.45) is 18.1. The number of aliphatic imine (C=N–C) groups is 1. The van der Waals surface area contributed by atoms with E-state index in [1.54, 1.807) is 0 Å². The highest BCUT2D eigenvalue weighted by Crippen LogP contribution is 2.12. The second-order valence-corrected chi connectivity index (χ2v) is 6.61. The summed E-state index contributed by atoms with van der Waals surface area (Å²) in [6, 6.07) is 0.152. The van der Waals surface area contributed by atoms with Gasteiger partial charge in [0.05, 0.1) is 0 Å². The molecule has 2 heteroatoms. The summed E-state index contributed by atoms with van der Waals surface area (Å²) in [6.45, 7) is 6.19. The molecule has 0 aliphatic carbocycles. The summed E-state index contributed by atoms with van der Waals surface area (Å²) in [5, 5.41) is 11.4. The molecule has 2 nitrogen and oxygen atoms in total. The van der Waals surface area contributed by atoms with E-state index in [0.29, 0.717) is 6.42 Å². The maximum atomic E-state index is 11.4. The Morgan fingerprint density at radius 3 is 1.48 bits per heavy atom. The Morgan fingerprint density at radius 2 is 1.10 bits per heavy atom. The predicted octanol–water partition coefficient (Wildman–Crippen LogP) is 5.63. The molecule has 0 atom stereocenters. The third-order valence-electron chi connectivity index (χ3n) is 3.90. The van der Waals surface area contributed by atoms with Crippen LogP contribution >= 0.6 is 0 Å². The molecule has 0 saturated heterocycles. The molecule has 0 aromatic carbocycles. The van der Waals surface area contributed by atoms with E-state index in [4.69, 9.17) is 0 Å². The Bertz CT molecular complexity index is 236. The minimum absolute atomic E-state index is 0.0908. The van der Waals surface area contributed by atoms with E-state index >= 15 is 0 Å². The van der Waals surface area contributed by atoms with E-state index < -0.39 is 0 Å². The van der Waals surface area contributed by atoms with Gasteiger partial charge in [0.1, 0.15) is 0 Å². The van der Waals surface area contributed by atoms with Crippen molar-refractivity contribution in [2.45, 2.75) is 117 Å². The van der Waals surface area contributed by atoms with Crippen molar-refractivity contribution >= 4 is 5.90 Å². The molecule has 0 amide bonds. The van der Waals surface area contributed by atoms with Crippen molar-refractivity contribution in [3.8, 4) is 0 Å². The van der Waals surface area contributed by atoms with E-state index in [9.17, 15) is 5.11 Å². The molecule has 0 N–H and O–H groups in total. The van der Waals surface area contributed by atoms with E-state index in [1.165, 1.54) is 77.0 Å². The van der Waals surface area contributed by atoms with Gasteiger partial charge >= 0.3 is 0 Å². The van der Waals surface area contributed by atoms with Crippen LogP contribution in [0.5, 0.6) is 0 Å². The molecular weight excluding hydrogens is 258 g/mol. The lowest BCUT2D eigenvalue weighted by atomic mass is 10.0. The molecule has 0 spiro atoms. The fourth-order valence-corrected chi connectivity index (χ4v) is 2.65. The van der Waals surface area contributed by atoms with Gasteiger partial charge in [0.2, 0.25) is 0 Å². The Hall–Kier alpha value is -0.530. The van der Waals surface area contributed by atoms with Gasteiger partial charge in [-0.25, -0.2) is 0 Å². The molecule has 0 fully saturated rings. The Balaban J connectivity index is 3.12. The molecule has 0 unspecified atom stereocenters. The SMILES string of the molecule is CCCCCCCCCCCCCCCC([O-])=NC(C)C. The van der Waals surface area contributed by atoms with E-state index in [2.05, 4.69) is 11.9 Å². The summed E-state index contributed by atoms with van der Waals surface area (Å²) in [4.78, 5) is 4.03. The highest BCUT2D eigenvalue weighted by molar-refractivity contribution is 5.71. The van der Waals surface area contributed by atoms with Gasteiger partial charge in [-0.1, -0.05) is 84.0 Å². The van der Waals surface area contributed by atoms with Crippen molar-refractivity contribution in [3.05, 3.63) is 0 Å². The van der Waals surface area contributed by atoms with E-state index in [-0.39, 0.29) is 11.9 Å². The van der Waals surface area contributed by atoms with Gasteiger partial charge in [-0.2, -0.15) is 0 Å². The second-order valence-electron chi connectivity index (χ2n) is 6.61. The molecule has 0 aromatic heterocycles. The van der Waals surface area contributed by atoms with Gasteiger partial charge in [0.25, 0.3) is 0 Å². The molecular formula is C19H38NO-. The molecule has 0 bridgehead atoms. The first-order valence-corrected chi connectivity index (χ1v) is 9.40. The third-order valence-corrected chi connectivity index (χ3v) is 3.90. The summed E-state index contributed by atoms with van der Waals surface area (Å²) in [7, 11) is 0. The lowest BCUT2D eigenvalue weighted by Gasteiger charge is -2.11. The molecule has 126 valence electrons. The van der Waals surface area contributed by atoms with Crippen LogP contribution in [0.3, 0.4) is 0 Å². The topological polar surface area (TPSA) is 35.4 Å². The van der Waals surface area contributed by atoms with Gasteiger partial charge < -0.3 is 10.1 Å². The van der Waals surface area contributed by atoms with Crippen molar-refractivity contribution in [3.63, 3.8) is 0 Å². The fourth-order valence-electron chi connectivity index (χ4n) is 2.65. The number of hydrogen-bond donors (Lipinski definition) is 0. The molecule has 0 heterocycles. The van der Waals surface area contributed by atoms with Crippen LogP contribution in [0.2, 0.25) is 0 Å². The van der Waals surface area contributed by atoms with E-state index in [1.807, 2.05) is 13.8 Å². The van der Waals surface area contributed by atoms with Crippen LogP contribution in [-0.4, -0.2) is 11.9 Å². The molecule has 0 saturated carbocycles. The van der Waals surface area contributed by atoms with Crippen LogP contribution in [0.1, 0.15) is 111 Å². The van der Waals surface area contributed by atoms with Crippen LogP contribution in [0, 0.1) is 0 Å². The Morgan fingerprint density at radius 1 is 0.714 bits per heavy atom. The van der Waals surface area contributed by atoms with Crippen molar-refractivity contribution in [2.75, 3.05) is 0 Å². The molecule has 0 rings (SSSR count). The minimum atomic E-state index is 0.0908. The van der Waals surface area contributed by atoms with Crippen molar-refractivity contribution in [2.24, 2.45) is 4.99 Å². The van der Waals surface area contributed by atoms with Gasteiger partial charge in [-0.3, -0.25) is 0 Å². The predicted molar refractivity (Wildman–Crippen MR) is 92.9 cm³/mol. The minimum Gasteiger partial charge on any atom is -0.862 e. The monoisotopic (exact) mass is 296 g/mol. The van der Waals surface area contributed by atoms with Crippen LogP contribution in [0.25, 0.3) is 0 Å². The molecule has 0 radical (unpaired) electrons. The lowest BCUT2D eigenvalue weighted by Crippen LogP contribution is -2.19. The number of hydrogen-bond acceptors (Lipinski definition) is 2. The molecule has 0 aliphatic heterocycles. The van der Waals surface area contributed by atoms with Crippen LogP contribution in [-0.2, 0) is 0 Å². The lowest BCUT2D eigenvalue weighted by molar-refractivity contribution is -0.219. The van der Waals surface area contributed by atoms with Crippen molar-refractivity contribution in [1.29, 1.82) is 0 Å². The van der Waals surface area contributed by atoms with Gasteiger partial charge in [0.15, 0.2) is 0 Å². The summed E-state index contributed by atoms with van der Waals surface area (Å²) in [5.74, 6) is 0.0908. The standard InChI is InChI=1S/C19H39NO/c1-4-5-6-7-8-9-10-11-12-13-14-15-16-17-19(21)20-18(2)3/h18H,4-17H2,1-3H3,(H,20,21)/p-1. The highest BCUT2D eigenvalue weighted by Gasteiger charge is 1.94. The second kappa shape index (κ2) is 15.9. The first kappa shape index (κ1) is 20.5. The maximum Gasteiger partial charge on any atom is 0.0432 e. The van der Waals surface area contributed by atoms with Crippen LogP contribution in [0.4, 0.5) is 0 Å². The largest absolute Gasteiger partial charge is 0.862 e. The van der Waals surface area contributed by atoms with Crippen LogP contribution < -0.4 is 5.11 Å². The maximum absolute atomic E-state index is 11.4. The van der Waals surface area contributed by atoms with Crippen molar-refractivity contribution < 1.29 is 5.11 Å². The zero-order chi connectivity index (χ0) is 15.8. The smallest absolute Gasteiger partial charge is 0.0432 e. The van der Waals surface area contributed by atoms with Gasteiger partial charge in [-0.15, -0.1) is 0 Å². The zero-order valence-corrected chi connectivity index (χ0v) is 14.8. The normalized spacial score (nSPS) is 12.3.